The summed E-state index contributed by atoms with van der Waals surface area (Å²) in [4.78, 5) is 11.5. The number of nitrogens with one attached hydrogen (secondary N) is 2. The molecule has 0 spiro atoms. The number of nitrogens with zero attached hydrogens (tertiary/aromatic N) is 2. The van der Waals surface area contributed by atoms with Crippen LogP contribution in [0.2, 0.25) is 0 Å². The number of benzene rings is 1. The van der Waals surface area contributed by atoms with E-state index in [1.165, 1.54) is 15.6 Å². The van der Waals surface area contributed by atoms with E-state index in [0.29, 0.717) is 0 Å². The Kier molecular flexibility index (Phi) is 2.80. The molecule has 1 aromatic rings. The Labute approximate surface area is 95.0 Å². The van der Waals surface area contributed by atoms with Gasteiger partial charge in [0.15, 0.2) is 0 Å². The van der Waals surface area contributed by atoms with Crippen LogP contribution in [0.15, 0.2) is 24.3 Å². The van der Waals surface area contributed by atoms with Crippen molar-refractivity contribution in [1.82, 2.24) is 20.9 Å². The zero-order valence-electron chi connectivity index (χ0n) is 9.69. The molecule has 0 aliphatic carbocycles. The lowest BCUT2D eigenvalue weighted by molar-refractivity contribution is 0.0578. The maximum atomic E-state index is 11.5. The van der Waals surface area contributed by atoms with Crippen LogP contribution in [0.3, 0.4) is 0 Å². The van der Waals surface area contributed by atoms with Crippen molar-refractivity contribution in [3.8, 4) is 0 Å². The van der Waals surface area contributed by atoms with E-state index in [-0.39, 0.29) is 12.2 Å². The first-order chi connectivity index (χ1) is 7.59. The quantitative estimate of drug-likeness (QED) is 0.742. The van der Waals surface area contributed by atoms with E-state index >= 15 is 0 Å². The van der Waals surface area contributed by atoms with Crippen molar-refractivity contribution in [2.75, 3.05) is 14.1 Å². The predicted molar refractivity (Wildman–Crippen MR) is 61.1 cm³/mol. The summed E-state index contributed by atoms with van der Waals surface area (Å²) in [5, 5.41) is 2.96. The first-order valence-electron chi connectivity index (χ1n) is 5.19. The summed E-state index contributed by atoms with van der Waals surface area (Å²) in [5.74, 6) is 0. The van der Waals surface area contributed by atoms with Crippen LogP contribution in [0, 0.1) is 6.92 Å². The summed E-state index contributed by atoms with van der Waals surface area (Å²) in [6.07, 6.45) is -0.0751. The number of hydrazine groups is 2. The topological polar surface area (TPSA) is 47.6 Å². The summed E-state index contributed by atoms with van der Waals surface area (Å²) in [6.45, 7) is 2.05. The van der Waals surface area contributed by atoms with E-state index in [0.717, 1.165) is 5.56 Å². The lowest BCUT2D eigenvalue weighted by atomic mass is 10.1. The van der Waals surface area contributed by atoms with Gasteiger partial charge in [-0.05, 0) is 18.1 Å². The SMILES string of the molecule is Cc1ccccc1C1NN(C)C(=O)N(C)N1. The van der Waals surface area contributed by atoms with Gasteiger partial charge in [-0.1, -0.05) is 24.3 Å². The fourth-order valence-electron chi connectivity index (χ4n) is 1.80. The van der Waals surface area contributed by atoms with E-state index in [2.05, 4.69) is 23.8 Å². The van der Waals surface area contributed by atoms with Crippen LogP contribution in [-0.2, 0) is 0 Å². The molecule has 16 heavy (non-hydrogen) atoms. The van der Waals surface area contributed by atoms with E-state index in [9.17, 15) is 4.79 Å². The average molecular weight is 220 g/mol. The van der Waals surface area contributed by atoms with Gasteiger partial charge < -0.3 is 0 Å². The molecule has 5 nitrogen and oxygen atoms in total. The van der Waals surface area contributed by atoms with Crippen molar-refractivity contribution < 1.29 is 4.79 Å². The second-order valence-corrected chi connectivity index (χ2v) is 3.95. The van der Waals surface area contributed by atoms with Gasteiger partial charge in [-0.2, -0.15) is 0 Å². The molecule has 5 heteroatoms. The van der Waals surface area contributed by atoms with Gasteiger partial charge in [0, 0.05) is 14.1 Å². The van der Waals surface area contributed by atoms with Crippen LogP contribution in [0.1, 0.15) is 17.3 Å². The molecule has 1 saturated heterocycles. The first-order valence-corrected chi connectivity index (χ1v) is 5.19. The maximum Gasteiger partial charge on any atom is 0.348 e. The monoisotopic (exact) mass is 220 g/mol. The Balaban J connectivity index is 2.24. The highest BCUT2D eigenvalue weighted by Crippen LogP contribution is 2.18. The molecule has 1 aliphatic rings. The van der Waals surface area contributed by atoms with Crippen LogP contribution >= 0.6 is 0 Å². The number of hydrogen-bond acceptors (Lipinski definition) is 3. The molecule has 2 N–H and O–H groups in total. The van der Waals surface area contributed by atoms with Crippen LogP contribution in [0.4, 0.5) is 4.79 Å². The van der Waals surface area contributed by atoms with Crippen molar-refractivity contribution >= 4 is 6.03 Å². The minimum absolute atomic E-state index is 0.0751. The minimum atomic E-state index is -0.107. The fraction of sp³-hybridized carbons (Fsp3) is 0.364. The van der Waals surface area contributed by atoms with Crippen molar-refractivity contribution in [3.63, 3.8) is 0 Å². The second kappa shape index (κ2) is 4.11. The number of amides is 2. The van der Waals surface area contributed by atoms with Crippen molar-refractivity contribution in [1.29, 1.82) is 0 Å². The van der Waals surface area contributed by atoms with Gasteiger partial charge in [0.25, 0.3) is 0 Å². The lowest BCUT2D eigenvalue weighted by Gasteiger charge is -2.38. The normalized spacial score (nSPS) is 18.1. The molecule has 2 rings (SSSR count). The number of carbonyl (C=O) groups excluding carboxylic acids is 1. The summed E-state index contributed by atoms with van der Waals surface area (Å²) in [6, 6.07) is 7.97. The van der Waals surface area contributed by atoms with Gasteiger partial charge in [-0.3, -0.25) is 10.0 Å². The van der Waals surface area contributed by atoms with Crippen LogP contribution in [0.5, 0.6) is 0 Å². The molecule has 1 fully saturated rings. The van der Waals surface area contributed by atoms with Crippen LogP contribution < -0.4 is 10.9 Å². The third kappa shape index (κ3) is 1.87. The van der Waals surface area contributed by atoms with Gasteiger partial charge in [0.1, 0.15) is 6.17 Å². The minimum Gasteiger partial charge on any atom is -0.260 e. The third-order valence-corrected chi connectivity index (χ3v) is 2.72. The Morgan fingerprint density at radius 1 is 1.12 bits per heavy atom. The van der Waals surface area contributed by atoms with E-state index < -0.39 is 0 Å². The van der Waals surface area contributed by atoms with E-state index in [1.54, 1.807) is 14.1 Å². The predicted octanol–water partition coefficient (Wildman–Crippen LogP) is 1.00. The molecule has 0 aromatic heterocycles. The van der Waals surface area contributed by atoms with E-state index in [1.807, 2.05) is 18.2 Å². The molecular formula is C11H16N4O. The van der Waals surface area contributed by atoms with Gasteiger partial charge >= 0.3 is 6.03 Å². The Hall–Kier alpha value is -1.59. The Bertz CT molecular complexity index is 393. The highest BCUT2D eigenvalue weighted by Gasteiger charge is 2.27. The second-order valence-electron chi connectivity index (χ2n) is 3.95. The molecular weight excluding hydrogens is 204 g/mol. The Morgan fingerprint density at radius 2 is 1.69 bits per heavy atom. The summed E-state index contributed by atoms with van der Waals surface area (Å²) in [7, 11) is 3.43. The fourth-order valence-corrected chi connectivity index (χ4v) is 1.80. The van der Waals surface area contributed by atoms with Crippen molar-refractivity contribution in [3.05, 3.63) is 35.4 Å². The molecule has 0 saturated carbocycles. The van der Waals surface area contributed by atoms with Gasteiger partial charge in [-0.25, -0.2) is 15.6 Å². The molecule has 0 radical (unpaired) electrons. The van der Waals surface area contributed by atoms with Gasteiger partial charge in [0.2, 0.25) is 0 Å². The van der Waals surface area contributed by atoms with Crippen molar-refractivity contribution in [2.24, 2.45) is 0 Å². The highest BCUT2D eigenvalue weighted by molar-refractivity contribution is 5.73. The molecule has 0 bridgehead atoms. The number of urea groups is 1. The zero-order chi connectivity index (χ0) is 11.7. The zero-order valence-corrected chi connectivity index (χ0v) is 9.69. The Morgan fingerprint density at radius 3 is 2.25 bits per heavy atom. The molecule has 1 aromatic carbocycles. The van der Waals surface area contributed by atoms with Crippen molar-refractivity contribution in [2.45, 2.75) is 13.1 Å². The standard InChI is InChI=1S/C11H16N4O/c1-8-6-4-5-7-9(8)10-12-14(2)11(16)15(3)13-10/h4-7,10,12-13H,1-3H3. The highest BCUT2D eigenvalue weighted by atomic mass is 16.2. The molecule has 2 amide bonds. The summed E-state index contributed by atoms with van der Waals surface area (Å²) >= 11 is 0. The number of hydrogen-bond donors (Lipinski definition) is 2. The molecule has 0 unspecified atom stereocenters. The number of rotatable bonds is 1. The number of carbonyl (C=O) groups is 1. The van der Waals surface area contributed by atoms with Gasteiger partial charge in [-0.15, -0.1) is 0 Å². The summed E-state index contributed by atoms with van der Waals surface area (Å²) < 4.78 is 0. The smallest absolute Gasteiger partial charge is 0.260 e. The maximum absolute atomic E-state index is 11.5. The molecule has 1 heterocycles. The molecule has 1 aliphatic heterocycles. The van der Waals surface area contributed by atoms with Crippen LogP contribution in [0.25, 0.3) is 0 Å². The lowest BCUT2D eigenvalue weighted by Crippen LogP contribution is -2.62. The van der Waals surface area contributed by atoms with E-state index in [4.69, 9.17) is 0 Å². The molecule has 0 atom stereocenters. The van der Waals surface area contributed by atoms with Gasteiger partial charge in [0.05, 0.1) is 0 Å². The molecule has 86 valence electrons. The third-order valence-electron chi connectivity index (χ3n) is 2.72. The van der Waals surface area contributed by atoms with Crippen LogP contribution in [-0.4, -0.2) is 30.1 Å². The largest absolute Gasteiger partial charge is 0.348 e. The summed E-state index contributed by atoms with van der Waals surface area (Å²) in [5.41, 5.74) is 8.49. The number of aryl methyl sites for hydroxylation is 1. The first kappa shape index (κ1) is 10.9. The average Bonchev–Trinajstić information content (AvgIpc) is 2.26.